The number of hydrogen-bond acceptors (Lipinski definition) is 12. The minimum Gasteiger partial charge on any atom is -0.493 e. The zero-order chi connectivity index (χ0) is 44.4. The maximum atomic E-state index is 14.6. The van der Waals surface area contributed by atoms with Gasteiger partial charge in [0, 0.05) is 48.3 Å². The standard InChI is InChI=1S/C50H64N2O10S/c1-6-25-60-50-45(52(48(55)56-7-2)32-34-19-21-43-44(28-34)59-33-58-43)31-41(51-62-49(3,4)5)39-29-35(15-11-13-23-53)38(18-12-14-24-54)46(47(39)50)40-30-36(20-22-42(40)61-50)57-26-27-63-37-16-9-8-10-17-37/h6,8-10,16-17,19-22,28-30,35,38,45-47,53-54H,1,7,11-15,18,23-27,31-33H2,2-5H3. The lowest BCUT2D eigenvalue weighted by Gasteiger charge is -2.60. The molecule has 1 amide bonds. The number of carbonyl (C=O) groups is 1. The first-order chi connectivity index (χ1) is 30.6. The lowest BCUT2D eigenvalue weighted by atomic mass is 9.55. The van der Waals surface area contributed by atoms with Gasteiger partial charge < -0.3 is 43.5 Å². The van der Waals surface area contributed by atoms with Gasteiger partial charge in [0.1, 0.15) is 23.1 Å². The first-order valence-electron chi connectivity index (χ1n) is 22.5. The minimum absolute atomic E-state index is 0.0654. The Morgan fingerprint density at radius 3 is 2.49 bits per heavy atom. The predicted molar refractivity (Wildman–Crippen MR) is 244 cm³/mol. The first-order valence-corrected chi connectivity index (χ1v) is 23.5. The highest BCUT2D eigenvalue weighted by atomic mass is 32.2. The number of benzene rings is 3. The molecule has 340 valence electrons. The minimum atomic E-state index is -1.44. The molecule has 12 nitrogen and oxygen atoms in total. The van der Waals surface area contributed by atoms with Gasteiger partial charge in [-0.25, -0.2) is 4.79 Å². The maximum Gasteiger partial charge on any atom is 0.410 e. The van der Waals surface area contributed by atoms with Crippen LogP contribution in [0.3, 0.4) is 0 Å². The number of rotatable bonds is 21. The number of nitrogens with zero attached hydrogens (tertiary/aromatic N) is 2. The van der Waals surface area contributed by atoms with Crippen LogP contribution in [0, 0.1) is 17.8 Å². The number of aliphatic hydroxyl groups is 2. The summed E-state index contributed by atoms with van der Waals surface area (Å²) in [4.78, 5) is 23.7. The van der Waals surface area contributed by atoms with Gasteiger partial charge in [0.05, 0.1) is 31.5 Å². The Morgan fingerprint density at radius 1 is 0.984 bits per heavy atom. The molecular weight excluding hydrogens is 821 g/mol. The quantitative estimate of drug-likeness (QED) is 0.0458. The number of thioether (sulfide) groups is 1. The topological polar surface area (TPSA) is 138 Å². The molecule has 1 saturated carbocycles. The third kappa shape index (κ3) is 10.8. The van der Waals surface area contributed by atoms with Crippen molar-refractivity contribution in [1.82, 2.24) is 4.90 Å². The van der Waals surface area contributed by atoms with Crippen LogP contribution in [0.4, 0.5) is 4.79 Å². The number of amides is 1. The number of allylic oxidation sites excluding steroid dienone is 1. The Kier molecular flexibility index (Phi) is 15.7. The van der Waals surface area contributed by atoms with Crippen LogP contribution < -0.4 is 18.9 Å². The molecule has 2 N–H and O–H groups in total. The summed E-state index contributed by atoms with van der Waals surface area (Å²) in [6, 6.07) is 21.3. The molecule has 6 unspecified atom stereocenters. The number of ether oxygens (including phenoxy) is 6. The zero-order valence-electron chi connectivity index (χ0n) is 37.2. The highest BCUT2D eigenvalue weighted by Gasteiger charge is 2.65. The molecule has 2 heterocycles. The molecule has 3 aromatic rings. The number of hydrogen-bond donors (Lipinski definition) is 2. The number of aliphatic hydroxyl groups excluding tert-OH is 2. The fourth-order valence-electron chi connectivity index (χ4n) is 9.51. The molecule has 63 heavy (non-hydrogen) atoms. The van der Waals surface area contributed by atoms with Gasteiger partial charge in [-0.3, -0.25) is 4.90 Å². The second kappa shape index (κ2) is 21.3. The third-order valence-corrected chi connectivity index (χ3v) is 13.1. The van der Waals surface area contributed by atoms with Gasteiger partial charge in [0.25, 0.3) is 0 Å². The molecule has 1 fully saturated rings. The third-order valence-electron chi connectivity index (χ3n) is 12.1. The van der Waals surface area contributed by atoms with Gasteiger partial charge in [-0.2, -0.15) is 0 Å². The lowest BCUT2D eigenvalue weighted by Crippen LogP contribution is -2.70. The van der Waals surface area contributed by atoms with Gasteiger partial charge in [0.2, 0.25) is 12.6 Å². The summed E-state index contributed by atoms with van der Waals surface area (Å²) in [7, 11) is 0. The Morgan fingerprint density at radius 2 is 1.75 bits per heavy atom. The van der Waals surface area contributed by atoms with Crippen molar-refractivity contribution < 1.29 is 48.3 Å². The molecule has 0 bridgehead atoms. The van der Waals surface area contributed by atoms with Crippen molar-refractivity contribution in [3.8, 4) is 23.0 Å². The van der Waals surface area contributed by atoms with E-state index in [-0.39, 0.29) is 63.9 Å². The Labute approximate surface area is 376 Å². The summed E-state index contributed by atoms with van der Waals surface area (Å²) in [6.07, 6.45) is 8.43. The average Bonchev–Trinajstić information content (AvgIpc) is 3.75. The van der Waals surface area contributed by atoms with E-state index < -0.39 is 29.4 Å². The van der Waals surface area contributed by atoms with Crippen LogP contribution in [0.2, 0.25) is 0 Å². The SMILES string of the molecule is C=CCOC12Oc3ccc(OCCSc4ccccc4)cc3C3C(CCCCO)C(CCCCO)C=C(C(=NOC(C)(C)C)CC1N(Cc1ccc4c(c1)OCO4)C(=O)OCC)C32. The van der Waals surface area contributed by atoms with E-state index in [1.807, 2.05) is 69.3 Å². The van der Waals surface area contributed by atoms with E-state index in [9.17, 15) is 15.0 Å². The number of fused-ring (bicyclic) bond motifs is 3. The zero-order valence-corrected chi connectivity index (χ0v) is 38.0. The van der Waals surface area contributed by atoms with Gasteiger partial charge in [-0.15, -0.1) is 18.3 Å². The van der Waals surface area contributed by atoms with Crippen LogP contribution in [0.25, 0.3) is 0 Å². The summed E-state index contributed by atoms with van der Waals surface area (Å²) >= 11 is 1.75. The highest BCUT2D eigenvalue weighted by molar-refractivity contribution is 7.99. The fraction of sp³-hybridized carbons (Fsp3) is 0.520. The maximum absolute atomic E-state index is 14.6. The van der Waals surface area contributed by atoms with Gasteiger partial charge in [-0.05, 0) is 119 Å². The van der Waals surface area contributed by atoms with Crippen molar-refractivity contribution in [1.29, 1.82) is 0 Å². The summed E-state index contributed by atoms with van der Waals surface area (Å²) in [5.41, 5.74) is 2.87. The van der Waals surface area contributed by atoms with Gasteiger partial charge >= 0.3 is 6.09 Å². The smallest absolute Gasteiger partial charge is 0.410 e. The molecule has 7 rings (SSSR count). The molecule has 2 aliphatic carbocycles. The van der Waals surface area contributed by atoms with Crippen LogP contribution >= 0.6 is 11.8 Å². The monoisotopic (exact) mass is 884 g/mol. The first kappa shape index (κ1) is 46.3. The van der Waals surface area contributed by atoms with E-state index in [1.165, 1.54) is 4.90 Å². The van der Waals surface area contributed by atoms with E-state index in [0.29, 0.717) is 42.4 Å². The largest absolute Gasteiger partial charge is 0.493 e. The second-order valence-corrected chi connectivity index (χ2v) is 18.7. The van der Waals surface area contributed by atoms with Crippen molar-refractivity contribution >= 4 is 23.6 Å². The normalized spacial score (nSPS) is 23.8. The molecule has 0 saturated heterocycles. The van der Waals surface area contributed by atoms with Crippen molar-refractivity contribution in [2.24, 2.45) is 22.9 Å². The molecular formula is C50H64N2O10S. The molecule has 0 spiro atoms. The van der Waals surface area contributed by atoms with Crippen LogP contribution in [-0.2, 0) is 20.9 Å². The van der Waals surface area contributed by atoms with Crippen molar-refractivity contribution in [3.05, 3.63) is 102 Å². The van der Waals surface area contributed by atoms with Crippen molar-refractivity contribution in [2.75, 3.05) is 45.6 Å². The lowest BCUT2D eigenvalue weighted by molar-refractivity contribution is -0.256. The summed E-state index contributed by atoms with van der Waals surface area (Å²) in [6.45, 7) is 13.0. The molecule has 4 aliphatic rings. The average molecular weight is 885 g/mol. The number of oxime groups is 1. The molecule has 6 atom stereocenters. The molecule has 3 aromatic carbocycles. The Balaban J connectivity index is 1.39. The second-order valence-electron chi connectivity index (χ2n) is 17.5. The highest BCUT2D eigenvalue weighted by Crippen LogP contribution is 2.62. The van der Waals surface area contributed by atoms with E-state index in [1.54, 1.807) is 29.7 Å². The van der Waals surface area contributed by atoms with Crippen LogP contribution in [0.1, 0.15) is 89.7 Å². The van der Waals surface area contributed by atoms with E-state index in [4.69, 9.17) is 38.4 Å². The molecule has 13 heteroatoms. The van der Waals surface area contributed by atoms with E-state index in [0.717, 1.165) is 53.9 Å². The number of carbonyl (C=O) groups excluding carboxylic acids is 1. The molecule has 0 aromatic heterocycles. The van der Waals surface area contributed by atoms with Crippen molar-refractivity contribution in [2.45, 2.75) is 107 Å². The number of unbranched alkanes of at least 4 members (excludes halogenated alkanes) is 2. The van der Waals surface area contributed by atoms with E-state index >= 15 is 0 Å². The fourth-order valence-corrected chi connectivity index (χ4v) is 10.3. The van der Waals surface area contributed by atoms with Crippen LogP contribution in [0.5, 0.6) is 23.0 Å². The molecule has 0 radical (unpaired) electrons. The van der Waals surface area contributed by atoms with Gasteiger partial charge in [0.15, 0.2) is 11.5 Å². The van der Waals surface area contributed by atoms with Crippen LogP contribution in [-0.4, -0.2) is 89.9 Å². The molecule has 2 aliphatic heterocycles. The predicted octanol–water partition coefficient (Wildman–Crippen LogP) is 9.68. The summed E-state index contributed by atoms with van der Waals surface area (Å²) in [5.74, 6) is 1.45. The summed E-state index contributed by atoms with van der Waals surface area (Å²) < 4.78 is 38.3. The van der Waals surface area contributed by atoms with E-state index in [2.05, 4.69) is 30.9 Å². The van der Waals surface area contributed by atoms with Crippen LogP contribution in [0.15, 0.2) is 101 Å². The van der Waals surface area contributed by atoms with Crippen molar-refractivity contribution in [3.63, 3.8) is 0 Å². The summed E-state index contributed by atoms with van der Waals surface area (Å²) in [5, 5.41) is 24.9. The Hall–Kier alpha value is -4.69. The Bertz CT molecular complexity index is 2070. The van der Waals surface area contributed by atoms with Gasteiger partial charge in [-0.1, -0.05) is 54.4 Å².